The van der Waals surface area contributed by atoms with Gasteiger partial charge >= 0.3 is 6.03 Å². The molecule has 2 amide bonds. The van der Waals surface area contributed by atoms with E-state index in [-0.39, 0.29) is 30.5 Å². The molecular formula is C27H24Cl2F3N3O3. The normalized spacial score (nSPS) is 22.7. The Kier molecular flexibility index (Phi) is 6.78. The van der Waals surface area contributed by atoms with Gasteiger partial charge in [-0.25, -0.2) is 18.0 Å². The number of fused-ring (bicyclic) bond motifs is 2. The van der Waals surface area contributed by atoms with E-state index in [1.54, 1.807) is 23.1 Å². The van der Waals surface area contributed by atoms with Crippen molar-refractivity contribution in [3.8, 4) is 11.3 Å². The summed E-state index contributed by atoms with van der Waals surface area (Å²) in [7, 11) is 0. The van der Waals surface area contributed by atoms with Gasteiger partial charge in [-0.1, -0.05) is 34.4 Å². The molecule has 6 nitrogen and oxygen atoms in total. The number of anilines is 1. The zero-order valence-corrected chi connectivity index (χ0v) is 21.7. The molecule has 3 fully saturated rings. The quantitative estimate of drug-likeness (QED) is 0.311. The van der Waals surface area contributed by atoms with E-state index in [4.69, 9.17) is 32.5 Å². The topological polar surface area (TPSA) is 67.6 Å². The molecule has 3 heterocycles. The Bertz CT molecular complexity index is 1340. The monoisotopic (exact) mass is 565 g/mol. The standard InChI is InChI=1S/C27H24Cl2F3N3O3/c28-19-2-1-3-20(29)23(19)25-18(26(38-34-25)13-4-5-13)12-37-17-10-15-6-7-16(11-17)35(15)27(36)33-14-8-21(30)24(32)22(31)9-14/h1-3,8-9,13,15-17H,4-7,10-12H2,(H,33,36). The van der Waals surface area contributed by atoms with Crippen LogP contribution >= 0.6 is 23.2 Å². The Morgan fingerprint density at radius 3 is 2.29 bits per heavy atom. The van der Waals surface area contributed by atoms with Crippen LogP contribution in [0.2, 0.25) is 10.0 Å². The summed E-state index contributed by atoms with van der Waals surface area (Å²) in [6.45, 7) is 0.274. The fourth-order valence-corrected chi connectivity index (χ4v) is 6.24. The first-order valence-electron chi connectivity index (χ1n) is 12.6. The van der Waals surface area contributed by atoms with E-state index in [1.807, 2.05) is 0 Å². The molecule has 1 saturated carbocycles. The maximum Gasteiger partial charge on any atom is 0.322 e. The summed E-state index contributed by atoms with van der Waals surface area (Å²) < 4.78 is 52.6. The van der Waals surface area contributed by atoms with Crippen molar-refractivity contribution in [3.63, 3.8) is 0 Å². The molecule has 38 heavy (non-hydrogen) atoms. The highest BCUT2D eigenvalue weighted by atomic mass is 35.5. The number of carbonyl (C=O) groups excluding carboxylic acids is 1. The maximum atomic E-state index is 13.6. The third-order valence-corrected chi connectivity index (χ3v) is 8.22. The molecule has 2 aromatic carbocycles. The fraction of sp³-hybridized carbons (Fsp3) is 0.407. The Morgan fingerprint density at radius 1 is 1.05 bits per heavy atom. The molecule has 0 radical (unpaired) electrons. The summed E-state index contributed by atoms with van der Waals surface area (Å²) in [4.78, 5) is 14.7. The maximum absolute atomic E-state index is 13.6. The zero-order valence-electron chi connectivity index (χ0n) is 20.2. The minimum absolute atomic E-state index is 0.0863. The number of aromatic nitrogens is 1. The summed E-state index contributed by atoms with van der Waals surface area (Å²) in [6, 6.07) is 6.19. The lowest BCUT2D eigenvalue weighted by Crippen LogP contribution is -2.50. The molecule has 200 valence electrons. The minimum atomic E-state index is -1.57. The molecule has 2 unspecified atom stereocenters. The van der Waals surface area contributed by atoms with Crippen LogP contribution in [0.3, 0.4) is 0 Å². The van der Waals surface area contributed by atoms with Gasteiger partial charge in [0.2, 0.25) is 0 Å². The minimum Gasteiger partial charge on any atom is -0.373 e. The van der Waals surface area contributed by atoms with Crippen molar-refractivity contribution in [1.29, 1.82) is 0 Å². The van der Waals surface area contributed by atoms with E-state index in [0.29, 0.717) is 40.1 Å². The number of ether oxygens (including phenoxy) is 1. The van der Waals surface area contributed by atoms with E-state index < -0.39 is 23.5 Å². The van der Waals surface area contributed by atoms with Crippen LogP contribution in [0.25, 0.3) is 11.3 Å². The lowest BCUT2D eigenvalue weighted by atomic mass is 9.99. The SMILES string of the molecule is O=C(Nc1cc(F)c(F)c(F)c1)N1C2CCC1CC(OCc1c(-c3c(Cl)cccc3Cl)noc1C1CC1)C2. The lowest BCUT2D eigenvalue weighted by Gasteiger charge is -2.38. The number of nitrogens with zero attached hydrogens (tertiary/aromatic N) is 2. The van der Waals surface area contributed by atoms with Gasteiger partial charge < -0.3 is 19.5 Å². The van der Waals surface area contributed by atoms with E-state index >= 15 is 0 Å². The van der Waals surface area contributed by atoms with Gasteiger partial charge in [0, 0.05) is 46.9 Å². The number of amides is 2. The second-order valence-corrected chi connectivity index (χ2v) is 10.9. The van der Waals surface area contributed by atoms with Crippen LogP contribution in [0, 0.1) is 17.5 Å². The Balaban J connectivity index is 1.15. The van der Waals surface area contributed by atoms with Crippen molar-refractivity contribution in [1.82, 2.24) is 10.1 Å². The molecule has 1 aromatic heterocycles. The molecule has 2 atom stereocenters. The third-order valence-electron chi connectivity index (χ3n) is 7.59. The first kappa shape index (κ1) is 25.5. The van der Waals surface area contributed by atoms with Crippen molar-refractivity contribution in [3.05, 3.63) is 69.2 Å². The van der Waals surface area contributed by atoms with Gasteiger partial charge in [-0.15, -0.1) is 0 Å². The molecule has 0 spiro atoms. The number of nitrogens with one attached hydrogen (secondary N) is 1. The molecular weight excluding hydrogens is 542 g/mol. The largest absolute Gasteiger partial charge is 0.373 e. The van der Waals surface area contributed by atoms with Gasteiger partial charge in [0.1, 0.15) is 11.5 Å². The predicted molar refractivity (Wildman–Crippen MR) is 136 cm³/mol. The summed E-state index contributed by atoms with van der Waals surface area (Å²) in [5.74, 6) is -3.17. The number of hydrogen-bond acceptors (Lipinski definition) is 4. The predicted octanol–water partition coefficient (Wildman–Crippen LogP) is 7.69. The fourth-order valence-electron chi connectivity index (χ4n) is 5.66. The summed E-state index contributed by atoms with van der Waals surface area (Å²) in [5.41, 5.74) is 1.91. The number of rotatable bonds is 6. The van der Waals surface area contributed by atoms with Gasteiger partial charge in [0.05, 0.1) is 22.8 Å². The van der Waals surface area contributed by atoms with Gasteiger partial charge in [0.15, 0.2) is 17.5 Å². The van der Waals surface area contributed by atoms with E-state index in [9.17, 15) is 18.0 Å². The molecule has 1 N–H and O–H groups in total. The van der Waals surface area contributed by atoms with E-state index in [2.05, 4.69) is 10.5 Å². The smallest absolute Gasteiger partial charge is 0.322 e. The summed E-state index contributed by atoms with van der Waals surface area (Å²) in [5, 5.41) is 7.77. The molecule has 1 aliphatic carbocycles. The zero-order chi connectivity index (χ0) is 26.6. The molecule has 3 aliphatic rings. The summed E-state index contributed by atoms with van der Waals surface area (Å²) >= 11 is 12.9. The number of piperidine rings is 1. The molecule has 3 aromatic rings. The molecule has 6 rings (SSSR count). The van der Waals surface area contributed by atoms with Crippen LogP contribution in [0.5, 0.6) is 0 Å². The highest BCUT2D eigenvalue weighted by molar-refractivity contribution is 6.39. The second-order valence-electron chi connectivity index (χ2n) is 10.1. The van der Waals surface area contributed by atoms with Crippen LogP contribution in [-0.4, -0.2) is 34.3 Å². The molecule has 2 saturated heterocycles. The highest BCUT2D eigenvalue weighted by Gasteiger charge is 2.44. The average Bonchev–Trinajstić information content (AvgIpc) is 3.58. The van der Waals surface area contributed by atoms with Crippen LogP contribution in [0.4, 0.5) is 23.7 Å². The van der Waals surface area contributed by atoms with Crippen LogP contribution in [-0.2, 0) is 11.3 Å². The highest BCUT2D eigenvalue weighted by Crippen LogP contribution is 2.46. The number of benzene rings is 2. The Hall–Kier alpha value is -2.75. The lowest BCUT2D eigenvalue weighted by molar-refractivity contribution is -0.0158. The first-order chi connectivity index (χ1) is 18.3. The van der Waals surface area contributed by atoms with E-state index in [0.717, 1.165) is 49.1 Å². The van der Waals surface area contributed by atoms with Crippen LogP contribution in [0.1, 0.15) is 55.8 Å². The van der Waals surface area contributed by atoms with Crippen molar-refractivity contribution in [2.24, 2.45) is 0 Å². The van der Waals surface area contributed by atoms with Crippen molar-refractivity contribution in [2.75, 3.05) is 5.32 Å². The van der Waals surface area contributed by atoms with Crippen LogP contribution in [0.15, 0.2) is 34.9 Å². The second kappa shape index (κ2) is 10.1. The Labute approximate surface area is 227 Å². The van der Waals surface area contributed by atoms with Gasteiger partial charge in [0.25, 0.3) is 0 Å². The average molecular weight is 566 g/mol. The van der Waals surface area contributed by atoms with Crippen LogP contribution < -0.4 is 5.32 Å². The van der Waals surface area contributed by atoms with Crippen molar-refractivity contribution < 1.29 is 27.2 Å². The number of carbonyl (C=O) groups is 1. The van der Waals surface area contributed by atoms with Gasteiger partial charge in [-0.05, 0) is 50.7 Å². The number of urea groups is 1. The summed E-state index contributed by atoms with van der Waals surface area (Å²) in [6.07, 6.45) is 4.77. The number of hydrogen-bond donors (Lipinski definition) is 1. The van der Waals surface area contributed by atoms with E-state index in [1.165, 1.54) is 0 Å². The van der Waals surface area contributed by atoms with Crippen molar-refractivity contribution in [2.45, 2.75) is 69.2 Å². The van der Waals surface area contributed by atoms with Gasteiger partial charge in [-0.3, -0.25) is 0 Å². The number of halogens is 5. The molecule has 11 heteroatoms. The molecule has 2 aliphatic heterocycles. The first-order valence-corrected chi connectivity index (χ1v) is 13.3. The molecule has 2 bridgehead atoms. The Morgan fingerprint density at radius 2 is 1.68 bits per heavy atom. The van der Waals surface area contributed by atoms with Crippen molar-refractivity contribution >= 4 is 34.9 Å². The van der Waals surface area contributed by atoms with Gasteiger partial charge in [-0.2, -0.15) is 0 Å². The third kappa shape index (κ3) is 4.76.